The van der Waals surface area contributed by atoms with E-state index in [-0.39, 0.29) is 34.9 Å². The van der Waals surface area contributed by atoms with Crippen molar-refractivity contribution in [3.8, 4) is 0 Å². The van der Waals surface area contributed by atoms with Crippen molar-refractivity contribution in [2.24, 2.45) is 0 Å². The van der Waals surface area contributed by atoms with E-state index in [1.54, 1.807) is 12.2 Å². The third-order valence-electron chi connectivity index (χ3n) is 3.56. The van der Waals surface area contributed by atoms with Crippen LogP contribution < -0.4 is 10.6 Å². The van der Waals surface area contributed by atoms with Crippen molar-refractivity contribution in [2.45, 2.75) is 13.0 Å². The van der Waals surface area contributed by atoms with E-state index in [1.165, 1.54) is 18.2 Å². The lowest BCUT2D eigenvalue weighted by molar-refractivity contribution is -0.682. The molecule has 0 aromatic heterocycles. The van der Waals surface area contributed by atoms with Gasteiger partial charge in [-0.25, -0.2) is 8.78 Å². The number of nitrogens with one attached hydrogen (secondary N) is 1. The maximum Gasteiger partial charge on any atom is 0.279 e. The summed E-state index contributed by atoms with van der Waals surface area (Å²) in [5, 5.41) is 14.9. The number of hydrogen-bond donors (Lipinski definition) is 2. The lowest BCUT2D eigenvalue weighted by Gasteiger charge is -2.12. The molecule has 2 aromatic carbocycles. The van der Waals surface area contributed by atoms with Crippen LogP contribution in [0.1, 0.15) is 18.5 Å². The molecule has 0 aliphatic carbocycles. The summed E-state index contributed by atoms with van der Waals surface area (Å²) in [4.78, 5) is 22.0. The Hall–Kier alpha value is -2.58. The van der Waals surface area contributed by atoms with E-state index < -0.39 is 16.6 Å². The summed E-state index contributed by atoms with van der Waals surface area (Å²) in [7, 11) is 0. The van der Waals surface area contributed by atoms with Crippen LogP contribution in [0.3, 0.4) is 0 Å². The standard InChI is InChI=1S/C16H14ClF2N3O3/c1-9(10-2-4-13(18)14(19)6-10)20-8-16(23)21-15-5-3-11(22(24)25)7-12(15)17/h2-7,9,20H,8H2,1H3,(H,21,23)/p+1/t9-/m1/s1. The minimum absolute atomic E-state index is 0.00742. The molecule has 0 heterocycles. The maximum absolute atomic E-state index is 13.2. The van der Waals surface area contributed by atoms with Crippen molar-refractivity contribution in [2.75, 3.05) is 11.9 Å². The second kappa shape index (κ2) is 8.00. The highest BCUT2D eigenvalue weighted by Gasteiger charge is 2.15. The van der Waals surface area contributed by atoms with E-state index in [4.69, 9.17) is 11.6 Å². The van der Waals surface area contributed by atoms with Crippen LogP contribution in [0.25, 0.3) is 0 Å². The first-order valence-corrected chi connectivity index (χ1v) is 7.68. The van der Waals surface area contributed by atoms with Gasteiger partial charge >= 0.3 is 0 Å². The second-order valence-corrected chi connectivity index (χ2v) is 5.78. The summed E-state index contributed by atoms with van der Waals surface area (Å²) >= 11 is 5.90. The highest BCUT2D eigenvalue weighted by Crippen LogP contribution is 2.26. The molecule has 6 nitrogen and oxygen atoms in total. The van der Waals surface area contributed by atoms with Gasteiger partial charge in [0.15, 0.2) is 18.2 Å². The molecule has 2 aromatic rings. The van der Waals surface area contributed by atoms with Crippen LogP contribution in [-0.2, 0) is 4.79 Å². The molecule has 3 N–H and O–H groups in total. The lowest BCUT2D eigenvalue weighted by Crippen LogP contribution is -2.86. The van der Waals surface area contributed by atoms with E-state index in [0.717, 1.165) is 18.2 Å². The molecule has 2 rings (SSSR count). The zero-order valence-corrected chi connectivity index (χ0v) is 13.9. The Balaban J connectivity index is 1.94. The molecule has 25 heavy (non-hydrogen) atoms. The quantitative estimate of drug-likeness (QED) is 0.605. The molecule has 0 fully saturated rings. The summed E-state index contributed by atoms with van der Waals surface area (Å²) in [6.07, 6.45) is 0. The highest BCUT2D eigenvalue weighted by atomic mass is 35.5. The van der Waals surface area contributed by atoms with Crippen LogP contribution in [0.4, 0.5) is 20.2 Å². The fourth-order valence-electron chi connectivity index (χ4n) is 2.14. The summed E-state index contributed by atoms with van der Waals surface area (Å²) < 4.78 is 26.2. The number of quaternary nitrogens is 1. The molecule has 0 unspecified atom stereocenters. The number of nitrogens with two attached hydrogens (primary N) is 1. The van der Waals surface area contributed by atoms with Gasteiger partial charge in [0.05, 0.1) is 15.6 Å². The monoisotopic (exact) mass is 370 g/mol. The van der Waals surface area contributed by atoms with Crippen molar-refractivity contribution in [3.63, 3.8) is 0 Å². The Morgan fingerprint density at radius 3 is 2.60 bits per heavy atom. The van der Waals surface area contributed by atoms with Crippen molar-refractivity contribution >= 4 is 28.9 Å². The average Bonchev–Trinajstić information content (AvgIpc) is 2.56. The Bertz CT molecular complexity index is 817. The number of carbonyl (C=O) groups excluding carboxylic acids is 1. The van der Waals surface area contributed by atoms with Gasteiger partial charge in [-0.3, -0.25) is 14.9 Å². The van der Waals surface area contributed by atoms with Crippen molar-refractivity contribution in [1.29, 1.82) is 0 Å². The molecule has 0 saturated heterocycles. The van der Waals surface area contributed by atoms with E-state index in [0.29, 0.717) is 5.56 Å². The number of benzene rings is 2. The lowest BCUT2D eigenvalue weighted by atomic mass is 10.1. The van der Waals surface area contributed by atoms with E-state index in [1.807, 2.05) is 0 Å². The number of nitrogens with zero attached hydrogens (tertiary/aromatic N) is 1. The number of halogens is 3. The predicted octanol–water partition coefficient (Wildman–Crippen LogP) is 2.79. The Kier molecular flexibility index (Phi) is 6.00. The minimum atomic E-state index is -0.945. The number of nitro benzene ring substituents is 1. The van der Waals surface area contributed by atoms with E-state index in [9.17, 15) is 23.7 Å². The predicted molar refractivity (Wildman–Crippen MR) is 88.3 cm³/mol. The van der Waals surface area contributed by atoms with Gasteiger partial charge in [0, 0.05) is 17.7 Å². The average molecular weight is 371 g/mol. The fourth-order valence-corrected chi connectivity index (χ4v) is 2.36. The van der Waals surface area contributed by atoms with E-state index in [2.05, 4.69) is 5.32 Å². The molecule has 1 amide bonds. The number of hydrogen-bond acceptors (Lipinski definition) is 3. The third kappa shape index (κ3) is 4.94. The van der Waals surface area contributed by atoms with Crippen molar-refractivity contribution < 1.29 is 23.8 Å². The minimum Gasteiger partial charge on any atom is -0.333 e. The van der Waals surface area contributed by atoms with Gasteiger partial charge in [-0.15, -0.1) is 0 Å². The van der Waals surface area contributed by atoms with Gasteiger partial charge in [0.1, 0.15) is 6.04 Å². The Morgan fingerprint density at radius 1 is 1.28 bits per heavy atom. The number of carbonyl (C=O) groups is 1. The van der Waals surface area contributed by atoms with Crippen LogP contribution in [0, 0.1) is 21.7 Å². The SMILES string of the molecule is C[C@@H]([NH2+]CC(=O)Nc1ccc([N+](=O)[O-])cc1Cl)c1ccc(F)c(F)c1. The number of nitro groups is 1. The van der Waals surface area contributed by atoms with Gasteiger partial charge in [0.2, 0.25) is 0 Å². The van der Waals surface area contributed by atoms with Crippen LogP contribution in [0.15, 0.2) is 36.4 Å². The Labute approximate surface area is 146 Å². The van der Waals surface area contributed by atoms with Crippen LogP contribution >= 0.6 is 11.6 Å². The van der Waals surface area contributed by atoms with Gasteiger partial charge in [-0.05, 0) is 31.2 Å². The van der Waals surface area contributed by atoms with Crippen LogP contribution in [-0.4, -0.2) is 17.4 Å². The third-order valence-corrected chi connectivity index (χ3v) is 3.88. The molecule has 0 aliphatic rings. The summed E-state index contributed by atoms with van der Waals surface area (Å²) in [5.41, 5.74) is 0.618. The summed E-state index contributed by atoms with van der Waals surface area (Å²) in [5.74, 6) is -2.26. The molecular weight excluding hydrogens is 356 g/mol. The molecule has 1 atom stereocenters. The largest absolute Gasteiger partial charge is 0.333 e. The first-order chi connectivity index (χ1) is 11.8. The maximum atomic E-state index is 13.2. The highest BCUT2D eigenvalue weighted by molar-refractivity contribution is 6.33. The van der Waals surface area contributed by atoms with Gasteiger partial charge in [0.25, 0.3) is 11.6 Å². The number of non-ortho nitro benzene ring substituents is 1. The molecule has 0 aliphatic heterocycles. The van der Waals surface area contributed by atoms with E-state index >= 15 is 0 Å². The molecule has 0 radical (unpaired) electrons. The van der Waals surface area contributed by atoms with Crippen LogP contribution in [0.5, 0.6) is 0 Å². The van der Waals surface area contributed by atoms with Crippen molar-refractivity contribution in [3.05, 3.63) is 68.7 Å². The molecule has 132 valence electrons. The van der Waals surface area contributed by atoms with Crippen molar-refractivity contribution in [1.82, 2.24) is 0 Å². The second-order valence-electron chi connectivity index (χ2n) is 5.37. The summed E-state index contributed by atoms with van der Waals surface area (Å²) in [6.45, 7) is 1.76. The fraction of sp³-hybridized carbons (Fsp3) is 0.188. The normalized spacial score (nSPS) is 11.8. The smallest absolute Gasteiger partial charge is 0.279 e. The zero-order valence-electron chi connectivity index (χ0n) is 13.1. The number of amides is 1. The molecule has 0 bridgehead atoms. The van der Waals surface area contributed by atoms with Crippen LogP contribution in [0.2, 0.25) is 5.02 Å². The molecular formula is C16H15ClF2N3O3+. The molecule has 0 saturated carbocycles. The number of rotatable bonds is 6. The topological polar surface area (TPSA) is 88.8 Å². The van der Waals surface area contributed by atoms with Gasteiger partial charge in [-0.2, -0.15) is 0 Å². The first-order valence-electron chi connectivity index (χ1n) is 7.30. The molecule has 0 spiro atoms. The molecule has 9 heteroatoms. The number of anilines is 1. The van der Waals surface area contributed by atoms with Gasteiger partial charge in [-0.1, -0.05) is 11.6 Å². The Morgan fingerprint density at radius 2 is 2.00 bits per heavy atom. The summed E-state index contributed by atoms with van der Waals surface area (Å²) in [6, 6.07) is 7.02. The first kappa shape index (κ1) is 18.8. The van der Waals surface area contributed by atoms with Gasteiger partial charge < -0.3 is 10.6 Å². The zero-order chi connectivity index (χ0) is 18.6.